The fourth-order valence-electron chi connectivity index (χ4n) is 1.05. The molecular weight excluding hydrogens is 230 g/mol. The molecule has 0 radical (unpaired) electrons. The molecule has 0 aliphatic carbocycles. The molecule has 0 aromatic heterocycles. The Labute approximate surface area is 98.8 Å². The lowest BCUT2D eigenvalue weighted by molar-refractivity contribution is 0.101. The molecule has 0 N–H and O–H groups in total. The van der Waals surface area contributed by atoms with Gasteiger partial charge in [0.15, 0.2) is 5.78 Å². The summed E-state index contributed by atoms with van der Waals surface area (Å²) >= 11 is 5.76. The number of carbonyl (C=O) groups is 2. The molecule has 0 saturated heterocycles. The van der Waals surface area contributed by atoms with Crippen LogP contribution in [0.25, 0.3) is 0 Å². The minimum atomic E-state index is -0.537. The third kappa shape index (κ3) is 2.97. The topological polar surface area (TPSA) is 46.6 Å². The van der Waals surface area contributed by atoms with Crippen LogP contribution in [0, 0.1) is 0 Å². The van der Waals surface area contributed by atoms with Gasteiger partial charge in [0.2, 0.25) is 0 Å². The summed E-state index contributed by atoms with van der Waals surface area (Å²) in [7, 11) is 3.12. The van der Waals surface area contributed by atoms with Crippen molar-refractivity contribution in [2.45, 2.75) is 6.92 Å². The van der Waals surface area contributed by atoms with Crippen molar-refractivity contribution in [3.63, 3.8) is 0 Å². The second-order valence-electron chi connectivity index (χ2n) is 3.46. The van der Waals surface area contributed by atoms with E-state index >= 15 is 0 Å². The molecule has 0 fully saturated rings. The number of ether oxygens (including phenoxy) is 1. The van der Waals surface area contributed by atoms with Gasteiger partial charge in [-0.25, -0.2) is 4.79 Å². The summed E-state index contributed by atoms with van der Waals surface area (Å²) in [6.07, 6.45) is -0.537. The van der Waals surface area contributed by atoms with Crippen molar-refractivity contribution in [3.8, 4) is 5.75 Å². The molecular formula is C11H12ClNO3. The Balaban J connectivity index is 3.04. The predicted molar refractivity (Wildman–Crippen MR) is 61.2 cm³/mol. The van der Waals surface area contributed by atoms with E-state index in [-0.39, 0.29) is 11.5 Å². The zero-order valence-corrected chi connectivity index (χ0v) is 10.0. The van der Waals surface area contributed by atoms with Crippen molar-refractivity contribution in [3.05, 3.63) is 28.8 Å². The maximum atomic E-state index is 11.3. The van der Waals surface area contributed by atoms with E-state index in [1.54, 1.807) is 20.2 Å². The summed E-state index contributed by atoms with van der Waals surface area (Å²) in [5, 5.41) is 0.426. The first-order chi connectivity index (χ1) is 7.41. The molecule has 0 bridgehead atoms. The van der Waals surface area contributed by atoms with E-state index in [0.717, 1.165) is 0 Å². The summed E-state index contributed by atoms with van der Waals surface area (Å²) in [5.41, 5.74) is 0.294. The lowest BCUT2D eigenvalue weighted by Crippen LogP contribution is -2.25. The normalized spacial score (nSPS) is 9.75. The first-order valence-electron chi connectivity index (χ1n) is 4.61. The van der Waals surface area contributed by atoms with Gasteiger partial charge in [0.05, 0.1) is 5.56 Å². The molecule has 0 heterocycles. The van der Waals surface area contributed by atoms with Crippen LogP contribution in [0.3, 0.4) is 0 Å². The smallest absolute Gasteiger partial charge is 0.409 e. The van der Waals surface area contributed by atoms with E-state index in [1.807, 2.05) is 0 Å². The molecule has 0 aliphatic rings. The van der Waals surface area contributed by atoms with E-state index in [1.165, 1.54) is 24.0 Å². The summed E-state index contributed by atoms with van der Waals surface area (Å²) < 4.78 is 5.03. The molecule has 5 heteroatoms. The molecule has 0 aliphatic heterocycles. The van der Waals surface area contributed by atoms with Crippen LogP contribution in [0.15, 0.2) is 18.2 Å². The fourth-order valence-corrected chi connectivity index (χ4v) is 1.22. The highest BCUT2D eigenvalue weighted by atomic mass is 35.5. The molecule has 4 nitrogen and oxygen atoms in total. The van der Waals surface area contributed by atoms with Crippen molar-refractivity contribution in [1.29, 1.82) is 0 Å². The van der Waals surface area contributed by atoms with Crippen molar-refractivity contribution < 1.29 is 14.3 Å². The molecule has 0 unspecified atom stereocenters. The highest BCUT2D eigenvalue weighted by Gasteiger charge is 2.13. The van der Waals surface area contributed by atoms with Crippen LogP contribution < -0.4 is 4.74 Å². The number of ketones is 1. The van der Waals surface area contributed by atoms with Crippen LogP contribution >= 0.6 is 11.6 Å². The SMILES string of the molecule is CC(=O)c1cc(Cl)ccc1OC(=O)N(C)C. The molecule has 0 saturated carbocycles. The Morgan fingerprint density at radius 1 is 1.31 bits per heavy atom. The van der Waals surface area contributed by atoms with Gasteiger partial charge in [-0.1, -0.05) is 11.6 Å². The van der Waals surface area contributed by atoms with Crippen molar-refractivity contribution in [2.24, 2.45) is 0 Å². The van der Waals surface area contributed by atoms with Crippen molar-refractivity contribution in [2.75, 3.05) is 14.1 Å². The van der Waals surface area contributed by atoms with E-state index < -0.39 is 6.09 Å². The van der Waals surface area contributed by atoms with Gasteiger partial charge in [0, 0.05) is 19.1 Å². The van der Waals surface area contributed by atoms with Crippen LogP contribution in [0.1, 0.15) is 17.3 Å². The number of carbonyl (C=O) groups excluding carboxylic acids is 2. The first-order valence-corrected chi connectivity index (χ1v) is 4.99. The molecule has 1 aromatic carbocycles. The fraction of sp³-hybridized carbons (Fsp3) is 0.273. The van der Waals surface area contributed by atoms with Crippen molar-refractivity contribution in [1.82, 2.24) is 4.90 Å². The number of benzene rings is 1. The molecule has 86 valence electrons. The van der Waals surface area contributed by atoms with Crippen LogP contribution in [-0.2, 0) is 0 Å². The second-order valence-corrected chi connectivity index (χ2v) is 3.90. The van der Waals surface area contributed by atoms with Gasteiger partial charge in [0.1, 0.15) is 5.75 Å². The standard InChI is InChI=1S/C11H12ClNO3/c1-7(14)9-6-8(12)4-5-10(9)16-11(15)13(2)3/h4-6H,1-3H3. The average molecular weight is 242 g/mol. The van der Waals surface area contributed by atoms with Gasteiger partial charge in [0.25, 0.3) is 0 Å². The van der Waals surface area contributed by atoms with Gasteiger partial charge < -0.3 is 9.64 Å². The molecule has 0 spiro atoms. The van der Waals surface area contributed by atoms with Crippen LogP contribution in [0.4, 0.5) is 4.79 Å². The van der Waals surface area contributed by atoms with E-state index in [0.29, 0.717) is 10.6 Å². The van der Waals surface area contributed by atoms with Gasteiger partial charge in [-0.3, -0.25) is 4.79 Å². The van der Waals surface area contributed by atoms with Crippen LogP contribution in [0.2, 0.25) is 5.02 Å². The van der Waals surface area contributed by atoms with E-state index in [4.69, 9.17) is 16.3 Å². The van der Waals surface area contributed by atoms with E-state index in [2.05, 4.69) is 0 Å². The summed E-state index contributed by atoms with van der Waals surface area (Å²) in [5.74, 6) is 0.0136. The zero-order chi connectivity index (χ0) is 12.3. The number of halogens is 1. The second kappa shape index (κ2) is 4.99. The van der Waals surface area contributed by atoms with E-state index in [9.17, 15) is 9.59 Å². The van der Waals surface area contributed by atoms with Crippen LogP contribution in [0.5, 0.6) is 5.75 Å². The molecule has 1 aromatic rings. The third-order valence-corrected chi connectivity index (χ3v) is 2.12. The third-order valence-electron chi connectivity index (χ3n) is 1.88. The average Bonchev–Trinajstić information content (AvgIpc) is 2.20. The number of hydrogen-bond acceptors (Lipinski definition) is 3. The number of Topliss-reactive ketones (excluding diaryl/α,β-unsaturated/α-hetero) is 1. The lowest BCUT2D eigenvalue weighted by Gasteiger charge is -2.12. The number of amides is 1. The summed E-state index contributed by atoms with van der Waals surface area (Å²) in [6, 6.07) is 4.54. The highest BCUT2D eigenvalue weighted by molar-refractivity contribution is 6.31. The van der Waals surface area contributed by atoms with Crippen LogP contribution in [-0.4, -0.2) is 30.9 Å². The largest absolute Gasteiger partial charge is 0.414 e. The number of nitrogens with zero attached hydrogens (tertiary/aromatic N) is 1. The Kier molecular flexibility index (Phi) is 3.90. The predicted octanol–water partition coefficient (Wildman–Crippen LogP) is 2.60. The highest BCUT2D eigenvalue weighted by Crippen LogP contribution is 2.23. The van der Waals surface area contributed by atoms with Gasteiger partial charge in [-0.05, 0) is 25.1 Å². The maximum Gasteiger partial charge on any atom is 0.414 e. The summed E-state index contributed by atoms with van der Waals surface area (Å²) in [4.78, 5) is 23.9. The Hall–Kier alpha value is -1.55. The maximum absolute atomic E-state index is 11.3. The quantitative estimate of drug-likeness (QED) is 0.748. The lowest BCUT2D eigenvalue weighted by atomic mass is 10.1. The molecule has 0 atom stereocenters. The molecule has 16 heavy (non-hydrogen) atoms. The minimum absolute atomic E-state index is 0.205. The Morgan fingerprint density at radius 3 is 2.44 bits per heavy atom. The van der Waals surface area contributed by atoms with Gasteiger partial charge in [-0.15, -0.1) is 0 Å². The van der Waals surface area contributed by atoms with Crippen molar-refractivity contribution >= 4 is 23.5 Å². The Morgan fingerprint density at radius 2 is 1.94 bits per heavy atom. The number of hydrogen-bond donors (Lipinski definition) is 0. The first kappa shape index (κ1) is 12.5. The summed E-state index contributed by atoms with van der Waals surface area (Å²) in [6.45, 7) is 1.39. The Bertz CT molecular complexity index is 429. The molecule has 1 amide bonds. The number of rotatable bonds is 2. The monoisotopic (exact) mass is 241 g/mol. The molecule has 1 rings (SSSR count). The minimum Gasteiger partial charge on any atom is -0.409 e. The van der Waals surface area contributed by atoms with Gasteiger partial charge in [-0.2, -0.15) is 0 Å². The zero-order valence-electron chi connectivity index (χ0n) is 9.28. The van der Waals surface area contributed by atoms with Gasteiger partial charge >= 0.3 is 6.09 Å².